The monoisotopic (exact) mass is 353 g/mol. The molecule has 2 unspecified atom stereocenters. The first kappa shape index (κ1) is 16.7. The van der Waals surface area contributed by atoms with Gasteiger partial charge in [-0.25, -0.2) is 14.4 Å². The molecule has 4 rings (SSSR count). The third kappa shape index (κ3) is 2.97. The Morgan fingerprint density at radius 3 is 2.77 bits per heavy atom. The summed E-state index contributed by atoms with van der Waals surface area (Å²) in [5.74, 6) is 0.517. The standard InChI is InChI=1S/C20H20FN3O2/c1-13-10-24(18(11-26-13)14-6-4-3-5-7-14)20-15-8-19(25-2)16(21)9-17(15)22-12-23-20/h3-9,12-13,18H,10-11H2,1-2H3. The summed E-state index contributed by atoms with van der Waals surface area (Å²) in [6.07, 6.45) is 1.55. The van der Waals surface area contributed by atoms with Gasteiger partial charge in [-0.1, -0.05) is 30.3 Å². The highest BCUT2D eigenvalue weighted by Crippen LogP contribution is 2.35. The van der Waals surface area contributed by atoms with Crippen molar-refractivity contribution in [3.05, 3.63) is 60.2 Å². The van der Waals surface area contributed by atoms with Crippen molar-refractivity contribution in [2.75, 3.05) is 25.2 Å². The zero-order chi connectivity index (χ0) is 18.1. The van der Waals surface area contributed by atoms with Crippen LogP contribution in [-0.2, 0) is 4.74 Å². The van der Waals surface area contributed by atoms with E-state index < -0.39 is 5.82 Å². The Morgan fingerprint density at radius 1 is 1.19 bits per heavy atom. The van der Waals surface area contributed by atoms with Gasteiger partial charge in [0.25, 0.3) is 0 Å². The molecule has 0 radical (unpaired) electrons. The van der Waals surface area contributed by atoms with E-state index in [0.29, 0.717) is 18.7 Å². The highest BCUT2D eigenvalue weighted by molar-refractivity contribution is 5.90. The second-order valence-electron chi connectivity index (χ2n) is 6.42. The predicted molar refractivity (Wildman–Crippen MR) is 98.0 cm³/mol. The van der Waals surface area contributed by atoms with Crippen molar-refractivity contribution in [3.63, 3.8) is 0 Å². The maximum Gasteiger partial charge on any atom is 0.167 e. The summed E-state index contributed by atoms with van der Waals surface area (Å²) in [5, 5.41) is 0.765. The Bertz CT molecular complexity index is 920. The summed E-state index contributed by atoms with van der Waals surface area (Å²) in [4.78, 5) is 11.0. The van der Waals surface area contributed by atoms with E-state index in [0.717, 1.165) is 16.8 Å². The molecule has 2 aromatic carbocycles. The number of nitrogens with zero attached hydrogens (tertiary/aromatic N) is 3. The van der Waals surface area contributed by atoms with Crippen LogP contribution in [0.2, 0.25) is 0 Å². The summed E-state index contributed by atoms with van der Waals surface area (Å²) in [5.41, 5.74) is 1.71. The van der Waals surface area contributed by atoms with Crippen LogP contribution in [0.4, 0.5) is 10.2 Å². The van der Waals surface area contributed by atoms with E-state index in [1.807, 2.05) is 25.1 Å². The first-order valence-electron chi connectivity index (χ1n) is 8.59. The molecule has 1 aliphatic heterocycles. The van der Waals surface area contributed by atoms with Gasteiger partial charge in [-0.2, -0.15) is 0 Å². The number of morpholine rings is 1. The van der Waals surface area contributed by atoms with Crippen LogP contribution in [0.5, 0.6) is 5.75 Å². The van der Waals surface area contributed by atoms with Crippen molar-refractivity contribution in [1.29, 1.82) is 0 Å². The zero-order valence-electron chi connectivity index (χ0n) is 14.7. The van der Waals surface area contributed by atoms with Crippen molar-refractivity contribution in [3.8, 4) is 5.75 Å². The van der Waals surface area contributed by atoms with Gasteiger partial charge in [-0.3, -0.25) is 0 Å². The number of methoxy groups -OCH3 is 1. The van der Waals surface area contributed by atoms with Crippen LogP contribution >= 0.6 is 0 Å². The molecule has 0 bridgehead atoms. The first-order chi connectivity index (χ1) is 12.7. The predicted octanol–water partition coefficient (Wildman–Crippen LogP) is 3.74. The third-order valence-electron chi connectivity index (χ3n) is 4.71. The molecule has 134 valence electrons. The Hall–Kier alpha value is -2.73. The summed E-state index contributed by atoms with van der Waals surface area (Å²) in [6, 6.07) is 13.3. The minimum atomic E-state index is -0.431. The normalized spacial score (nSPS) is 20.3. The molecule has 0 amide bonds. The van der Waals surface area contributed by atoms with Gasteiger partial charge in [0.1, 0.15) is 12.1 Å². The van der Waals surface area contributed by atoms with E-state index in [1.165, 1.54) is 19.5 Å². The molecule has 26 heavy (non-hydrogen) atoms. The molecular weight excluding hydrogens is 333 g/mol. The fourth-order valence-corrected chi connectivity index (χ4v) is 3.42. The lowest BCUT2D eigenvalue weighted by atomic mass is 10.0. The zero-order valence-corrected chi connectivity index (χ0v) is 14.7. The Balaban J connectivity index is 1.85. The number of benzene rings is 2. The Kier molecular flexibility index (Phi) is 4.42. The molecule has 1 saturated heterocycles. The van der Waals surface area contributed by atoms with Crippen LogP contribution < -0.4 is 9.64 Å². The lowest BCUT2D eigenvalue weighted by Gasteiger charge is -2.40. The fraction of sp³-hybridized carbons (Fsp3) is 0.300. The average molecular weight is 353 g/mol. The maximum atomic E-state index is 14.1. The van der Waals surface area contributed by atoms with E-state index in [-0.39, 0.29) is 17.9 Å². The molecule has 5 nitrogen and oxygen atoms in total. The van der Waals surface area contributed by atoms with E-state index >= 15 is 0 Å². The fourth-order valence-electron chi connectivity index (χ4n) is 3.42. The number of ether oxygens (including phenoxy) is 2. The van der Waals surface area contributed by atoms with Gasteiger partial charge >= 0.3 is 0 Å². The number of aromatic nitrogens is 2. The highest BCUT2D eigenvalue weighted by Gasteiger charge is 2.30. The quantitative estimate of drug-likeness (QED) is 0.718. The molecule has 2 heterocycles. The van der Waals surface area contributed by atoms with E-state index in [2.05, 4.69) is 27.0 Å². The minimum Gasteiger partial charge on any atom is -0.494 e. The summed E-state index contributed by atoms with van der Waals surface area (Å²) in [7, 11) is 1.46. The first-order valence-corrected chi connectivity index (χ1v) is 8.59. The molecule has 1 aliphatic rings. The van der Waals surface area contributed by atoms with Crippen LogP contribution in [0.25, 0.3) is 10.9 Å². The maximum absolute atomic E-state index is 14.1. The number of halogens is 1. The average Bonchev–Trinajstić information content (AvgIpc) is 2.67. The number of fused-ring (bicyclic) bond motifs is 1. The van der Waals surface area contributed by atoms with Crippen LogP contribution in [0.3, 0.4) is 0 Å². The summed E-state index contributed by atoms with van der Waals surface area (Å²) < 4.78 is 25.1. The minimum absolute atomic E-state index is 0.0292. The van der Waals surface area contributed by atoms with Crippen LogP contribution in [0.1, 0.15) is 18.5 Å². The number of hydrogen-bond acceptors (Lipinski definition) is 5. The van der Waals surface area contributed by atoms with Gasteiger partial charge < -0.3 is 14.4 Å². The van der Waals surface area contributed by atoms with Gasteiger partial charge in [0.15, 0.2) is 11.6 Å². The van der Waals surface area contributed by atoms with Gasteiger partial charge in [0.2, 0.25) is 0 Å². The Morgan fingerprint density at radius 2 is 2.00 bits per heavy atom. The molecule has 0 spiro atoms. The van der Waals surface area contributed by atoms with Crippen LogP contribution in [-0.4, -0.2) is 36.3 Å². The SMILES string of the molecule is COc1cc2c(N3CC(C)OCC3c3ccccc3)ncnc2cc1F. The van der Waals surface area contributed by atoms with Crippen molar-refractivity contribution in [2.24, 2.45) is 0 Å². The number of rotatable bonds is 3. The molecule has 6 heteroatoms. The van der Waals surface area contributed by atoms with Crippen LogP contribution in [0.15, 0.2) is 48.8 Å². The van der Waals surface area contributed by atoms with Crippen molar-refractivity contribution >= 4 is 16.7 Å². The van der Waals surface area contributed by atoms with E-state index in [9.17, 15) is 4.39 Å². The van der Waals surface area contributed by atoms with Crippen molar-refractivity contribution < 1.29 is 13.9 Å². The smallest absolute Gasteiger partial charge is 0.167 e. The van der Waals surface area contributed by atoms with Crippen LogP contribution in [0, 0.1) is 5.82 Å². The van der Waals surface area contributed by atoms with E-state index in [1.54, 1.807) is 6.07 Å². The van der Waals surface area contributed by atoms with Crippen molar-refractivity contribution in [1.82, 2.24) is 9.97 Å². The topological polar surface area (TPSA) is 47.5 Å². The molecular formula is C20H20FN3O2. The van der Waals surface area contributed by atoms with Gasteiger partial charge in [-0.15, -0.1) is 0 Å². The van der Waals surface area contributed by atoms with Gasteiger partial charge in [0, 0.05) is 18.0 Å². The molecule has 0 saturated carbocycles. The number of anilines is 1. The molecule has 0 N–H and O–H groups in total. The molecule has 3 aromatic rings. The van der Waals surface area contributed by atoms with Crippen molar-refractivity contribution in [2.45, 2.75) is 19.1 Å². The second-order valence-corrected chi connectivity index (χ2v) is 6.42. The third-order valence-corrected chi connectivity index (χ3v) is 4.71. The second kappa shape index (κ2) is 6.88. The van der Waals surface area contributed by atoms with Gasteiger partial charge in [0.05, 0.1) is 31.4 Å². The molecule has 2 atom stereocenters. The lowest BCUT2D eigenvalue weighted by Crippen LogP contribution is -2.44. The van der Waals surface area contributed by atoms with Gasteiger partial charge in [-0.05, 0) is 18.6 Å². The summed E-state index contributed by atoms with van der Waals surface area (Å²) in [6.45, 7) is 3.29. The Labute approximate surface area is 151 Å². The lowest BCUT2D eigenvalue weighted by molar-refractivity contribution is 0.0301. The molecule has 1 aromatic heterocycles. The largest absolute Gasteiger partial charge is 0.494 e. The number of hydrogen-bond donors (Lipinski definition) is 0. The molecule has 1 fully saturated rings. The summed E-state index contributed by atoms with van der Waals surface area (Å²) >= 11 is 0. The molecule has 0 aliphatic carbocycles. The van der Waals surface area contributed by atoms with E-state index in [4.69, 9.17) is 9.47 Å². The highest BCUT2D eigenvalue weighted by atomic mass is 19.1.